The second-order valence-corrected chi connectivity index (χ2v) is 6.98. The molecule has 6 heteroatoms. The van der Waals surface area contributed by atoms with Crippen LogP contribution in [0.4, 0.5) is 0 Å². The summed E-state index contributed by atoms with van der Waals surface area (Å²) in [5.74, 6) is 2.47. The highest BCUT2D eigenvalue weighted by molar-refractivity contribution is 14.0. The number of rotatable bonds is 7. The van der Waals surface area contributed by atoms with Crippen molar-refractivity contribution >= 4 is 29.9 Å². The molecule has 2 unspecified atom stereocenters. The SMILES string of the molecule is CCN1CCCC(CNC(=NC)NCC(C)Oc2cccc(C)c2)C1.I. The number of hydrogen-bond donors (Lipinski definition) is 2. The molecule has 0 spiro atoms. The zero-order valence-electron chi connectivity index (χ0n) is 16.6. The van der Waals surface area contributed by atoms with Gasteiger partial charge >= 0.3 is 0 Å². The molecule has 5 nitrogen and oxygen atoms in total. The van der Waals surface area contributed by atoms with E-state index >= 15 is 0 Å². The molecule has 2 atom stereocenters. The molecule has 1 heterocycles. The maximum absolute atomic E-state index is 5.96. The predicted molar refractivity (Wildman–Crippen MR) is 121 cm³/mol. The molecular weight excluding hydrogens is 439 g/mol. The first-order chi connectivity index (χ1) is 12.1. The summed E-state index contributed by atoms with van der Waals surface area (Å²) in [5, 5.41) is 6.84. The quantitative estimate of drug-likeness (QED) is 0.362. The lowest BCUT2D eigenvalue weighted by atomic mass is 9.98. The molecule has 2 N–H and O–H groups in total. The van der Waals surface area contributed by atoms with Gasteiger partial charge in [0, 0.05) is 20.1 Å². The number of hydrogen-bond acceptors (Lipinski definition) is 3. The Hall–Kier alpha value is -1.02. The van der Waals surface area contributed by atoms with Gasteiger partial charge in [0.2, 0.25) is 0 Å². The van der Waals surface area contributed by atoms with Crippen molar-refractivity contribution in [2.75, 3.05) is 39.8 Å². The Bertz CT molecular complexity index is 552. The summed E-state index contributed by atoms with van der Waals surface area (Å²) < 4.78 is 5.96. The van der Waals surface area contributed by atoms with E-state index in [4.69, 9.17) is 4.74 Å². The molecule has 148 valence electrons. The highest BCUT2D eigenvalue weighted by atomic mass is 127. The molecule has 0 aromatic heterocycles. The normalized spacial score (nSPS) is 19.4. The number of nitrogens with zero attached hydrogens (tertiary/aromatic N) is 2. The van der Waals surface area contributed by atoms with Gasteiger partial charge in [0.15, 0.2) is 5.96 Å². The van der Waals surface area contributed by atoms with Crippen molar-refractivity contribution in [1.29, 1.82) is 0 Å². The number of halogens is 1. The monoisotopic (exact) mass is 474 g/mol. The first-order valence-electron chi connectivity index (χ1n) is 9.51. The second kappa shape index (κ2) is 12.4. The molecule has 1 fully saturated rings. The minimum absolute atomic E-state index is 0. The largest absolute Gasteiger partial charge is 0.489 e. The first-order valence-corrected chi connectivity index (χ1v) is 9.51. The minimum atomic E-state index is 0. The molecule has 0 radical (unpaired) electrons. The summed E-state index contributed by atoms with van der Waals surface area (Å²) >= 11 is 0. The summed E-state index contributed by atoms with van der Waals surface area (Å²) in [6.07, 6.45) is 2.67. The van der Waals surface area contributed by atoms with Gasteiger partial charge in [0.25, 0.3) is 0 Å². The van der Waals surface area contributed by atoms with Crippen molar-refractivity contribution in [3.8, 4) is 5.75 Å². The van der Waals surface area contributed by atoms with Crippen LogP contribution in [-0.2, 0) is 0 Å². The van der Waals surface area contributed by atoms with E-state index in [0.29, 0.717) is 5.92 Å². The van der Waals surface area contributed by atoms with E-state index in [0.717, 1.165) is 31.3 Å². The third-order valence-corrected chi connectivity index (χ3v) is 4.72. The van der Waals surface area contributed by atoms with Crippen molar-refractivity contribution in [3.05, 3.63) is 29.8 Å². The maximum atomic E-state index is 5.96. The Morgan fingerprint density at radius 2 is 2.19 bits per heavy atom. The van der Waals surface area contributed by atoms with Gasteiger partial charge < -0.3 is 20.3 Å². The summed E-state index contributed by atoms with van der Waals surface area (Å²) in [6, 6.07) is 8.16. The van der Waals surface area contributed by atoms with Gasteiger partial charge in [-0.1, -0.05) is 19.1 Å². The van der Waals surface area contributed by atoms with Gasteiger partial charge in [-0.3, -0.25) is 4.99 Å². The van der Waals surface area contributed by atoms with Crippen LogP contribution < -0.4 is 15.4 Å². The van der Waals surface area contributed by atoms with Crippen molar-refractivity contribution in [3.63, 3.8) is 0 Å². The number of benzene rings is 1. The number of aliphatic imine (C=N–C) groups is 1. The zero-order chi connectivity index (χ0) is 18.1. The highest BCUT2D eigenvalue weighted by Gasteiger charge is 2.18. The average molecular weight is 474 g/mol. The summed E-state index contributed by atoms with van der Waals surface area (Å²) in [5.41, 5.74) is 1.21. The smallest absolute Gasteiger partial charge is 0.191 e. The van der Waals surface area contributed by atoms with Gasteiger partial charge in [-0.15, -0.1) is 24.0 Å². The molecule has 0 saturated carbocycles. The van der Waals surface area contributed by atoms with Gasteiger partial charge in [-0.25, -0.2) is 0 Å². The highest BCUT2D eigenvalue weighted by Crippen LogP contribution is 2.15. The van der Waals surface area contributed by atoms with Crippen LogP contribution in [0.1, 0.15) is 32.3 Å². The Balaban J connectivity index is 0.00000338. The standard InChI is InChI=1S/C20H34N4O.HI/c1-5-24-11-7-9-18(15-24)14-23-20(21-4)22-13-17(3)25-19-10-6-8-16(2)12-19;/h6,8,10,12,17-18H,5,7,9,11,13-15H2,1-4H3,(H2,21,22,23);1H. The van der Waals surface area contributed by atoms with Gasteiger partial charge in [-0.05, 0) is 63.4 Å². The molecule has 0 aliphatic carbocycles. The number of aryl methyl sites for hydroxylation is 1. The summed E-state index contributed by atoms with van der Waals surface area (Å²) in [6.45, 7) is 11.7. The maximum Gasteiger partial charge on any atom is 0.191 e. The minimum Gasteiger partial charge on any atom is -0.489 e. The fraction of sp³-hybridized carbons (Fsp3) is 0.650. The Morgan fingerprint density at radius 3 is 2.88 bits per heavy atom. The molecule has 1 aromatic rings. The zero-order valence-corrected chi connectivity index (χ0v) is 19.0. The Morgan fingerprint density at radius 1 is 1.38 bits per heavy atom. The molecule has 0 amide bonds. The van der Waals surface area contributed by atoms with E-state index in [2.05, 4.69) is 53.4 Å². The number of nitrogens with one attached hydrogen (secondary N) is 2. The average Bonchev–Trinajstić information content (AvgIpc) is 2.62. The fourth-order valence-corrected chi connectivity index (χ4v) is 3.27. The Labute approximate surface area is 176 Å². The van der Waals surface area contributed by atoms with Crippen LogP contribution in [0.2, 0.25) is 0 Å². The van der Waals surface area contributed by atoms with Gasteiger partial charge in [0.05, 0.1) is 6.54 Å². The lowest BCUT2D eigenvalue weighted by Gasteiger charge is -2.32. The van der Waals surface area contributed by atoms with Crippen LogP contribution in [0, 0.1) is 12.8 Å². The van der Waals surface area contributed by atoms with Crippen molar-refractivity contribution in [2.24, 2.45) is 10.9 Å². The van der Waals surface area contributed by atoms with E-state index in [1.165, 1.54) is 31.5 Å². The molecular formula is C20H35IN4O. The van der Waals surface area contributed by atoms with E-state index < -0.39 is 0 Å². The van der Waals surface area contributed by atoms with E-state index in [1.807, 2.05) is 19.2 Å². The number of guanidine groups is 1. The second-order valence-electron chi connectivity index (χ2n) is 6.98. The topological polar surface area (TPSA) is 48.9 Å². The van der Waals surface area contributed by atoms with Crippen LogP contribution >= 0.6 is 24.0 Å². The third-order valence-electron chi connectivity index (χ3n) is 4.72. The number of likely N-dealkylation sites (tertiary alicyclic amines) is 1. The van der Waals surface area contributed by atoms with Crippen molar-refractivity contribution in [2.45, 2.75) is 39.7 Å². The van der Waals surface area contributed by atoms with Crippen LogP contribution in [-0.4, -0.2) is 56.7 Å². The Kier molecular flexibility index (Phi) is 11.0. The van der Waals surface area contributed by atoms with Crippen LogP contribution in [0.15, 0.2) is 29.3 Å². The van der Waals surface area contributed by atoms with Crippen LogP contribution in [0.5, 0.6) is 5.75 Å². The number of ether oxygens (including phenoxy) is 1. The van der Waals surface area contributed by atoms with Crippen LogP contribution in [0.25, 0.3) is 0 Å². The van der Waals surface area contributed by atoms with E-state index in [-0.39, 0.29) is 30.1 Å². The lowest BCUT2D eigenvalue weighted by Crippen LogP contribution is -2.46. The van der Waals surface area contributed by atoms with Crippen molar-refractivity contribution in [1.82, 2.24) is 15.5 Å². The first kappa shape index (κ1) is 23.0. The predicted octanol–water partition coefficient (Wildman–Crippen LogP) is 3.28. The molecule has 0 bridgehead atoms. The molecule has 1 saturated heterocycles. The molecule has 1 aliphatic heterocycles. The van der Waals surface area contributed by atoms with E-state index in [9.17, 15) is 0 Å². The lowest BCUT2D eigenvalue weighted by molar-refractivity contribution is 0.183. The molecule has 1 aromatic carbocycles. The van der Waals surface area contributed by atoms with Crippen molar-refractivity contribution < 1.29 is 4.74 Å². The fourth-order valence-electron chi connectivity index (χ4n) is 3.27. The summed E-state index contributed by atoms with van der Waals surface area (Å²) in [4.78, 5) is 6.86. The molecule has 1 aliphatic rings. The molecule has 2 rings (SSSR count). The molecule has 26 heavy (non-hydrogen) atoms. The number of piperidine rings is 1. The summed E-state index contributed by atoms with van der Waals surface area (Å²) in [7, 11) is 1.82. The third kappa shape index (κ3) is 8.12. The van der Waals surface area contributed by atoms with Gasteiger partial charge in [-0.2, -0.15) is 0 Å². The van der Waals surface area contributed by atoms with Gasteiger partial charge in [0.1, 0.15) is 11.9 Å². The van der Waals surface area contributed by atoms with E-state index in [1.54, 1.807) is 0 Å². The van der Waals surface area contributed by atoms with Crippen LogP contribution in [0.3, 0.4) is 0 Å².